The molecule has 0 aromatic heterocycles. The molecular formula is C23H23ClN2O3S. The third-order valence-corrected chi connectivity index (χ3v) is 7.00. The number of rotatable bonds is 6. The lowest BCUT2D eigenvalue weighted by Crippen LogP contribution is -2.26. The Balaban J connectivity index is 1.81. The highest BCUT2D eigenvalue weighted by atomic mass is 35.5. The number of para-hydroxylation sites is 1. The van der Waals surface area contributed by atoms with E-state index in [-0.39, 0.29) is 10.8 Å². The average Bonchev–Trinajstić information content (AvgIpc) is 2.75. The number of carbonyl (C=O) groups excluding carboxylic acids is 1. The van der Waals surface area contributed by atoms with E-state index in [2.05, 4.69) is 5.32 Å². The Bertz CT molecular complexity index is 1160. The van der Waals surface area contributed by atoms with Gasteiger partial charge in [0.15, 0.2) is 0 Å². The van der Waals surface area contributed by atoms with Crippen molar-refractivity contribution in [1.82, 2.24) is 0 Å². The molecule has 0 saturated heterocycles. The van der Waals surface area contributed by atoms with Crippen LogP contribution in [0.1, 0.15) is 28.4 Å². The third-order valence-electron chi connectivity index (χ3n) is 4.94. The predicted octanol–water partition coefficient (Wildman–Crippen LogP) is 5.29. The largest absolute Gasteiger partial charge is 0.321 e. The average molecular weight is 443 g/mol. The first-order chi connectivity index (χ1) is 14.2. The minimum absolute atomic E-state index is 0.142. The van der Waals surface area contributed by atoms with Gasteiger partial charge in [0.2, 0.25) is 0 Å². The Morgan fingerprint density at radius 3 is 2.23 bits per heavy atom. The van der Waals surface area contributed by atoms with E-state index in [4.69, 9.17) is 11.6 Å². The lowest BCUT2D eigenvalue weighted by Gasteiger charge is -2.20. The van der Waals surface area contributed by atoms with Gasteiger partial charge in [-0.2, -0.15) is 0 Å². The second-order valence-electron chi connectivity index (χ2n) is 6.89. The topological polar surface area (TPSA) is 66.5 Å². The number of anilines is 2. The lowest BCUT2D eigenvalue weighted by atomic mass is 10.1. The molecule has 0 heterocycles. The second-order valence-corrected chi connectivity index (χ2v) is 9.30. The van der Waals surface area contributed by atoms with E-state index in [0.717, 1.165) is 23.2 Å². The number of nitrogens with zero attached hydrogens (tertiary/aromatic N) is 1. The van der Waals surface area contributed by atoms with E-state index in [1.165, 1.54) is 35.6 Å². The van der Waals surface area contributed by atoms with Crippen molar-refractivity contribution in [3.05, 3.63) is 88.4 Å². The molecule has 0 atom stereocenters. The zero-order chi connectivity index (χ0) is 21.9. The molecule has 1 N–H and O–H groups in total. The first kappa shape index (κ1) is 21.9. The highest BCUT2D eigenvalue weighted by Crippen LogP contribution is 2.25. The van der Waals surface area contributed by atoms with Gasteiger partial charge in [0.05, 0.1) is 10.6 Å². The minimum atomic E-state index is -3.73. The van der Waals surface area contributed by atoms with Gasteiger partial charge < -0.3 is 5.32 Å². The zero-order valence-corrected chi connectivity index (χ0v) is 18.6. The van der Waals surface area contributed by atoms with Crippen LogP contribution in [0.5, 0.6) is 0 Å². The van der Waals surface area contributed by atoms with Crippen LogP contribution in [0.4, 0.5) is 11.4 Å². The maximum absolute atomic E-state index is 12.8. The van der Waals surface area contributed by atoms with Crippen LogP contribution in [0.25, 0.3) is 0 Å². The van der Waals surface area contributed by atoms with Crippen LogP contribution in [-0.4, -0.2) is 21.4 Å². The Kier molecular flexibility index (Phi) is 6.48. The van der Waals surface area contributed by atoms with Gasteiger partial charge in [-0.15, -0.1) is 0 Å². The number of benzene rings is 3. The lowest BCUT2D eigenvalue weighted by molar-refractivity contribution is 0.102. The molecule has 0 radical (unpaired) electrons. The molecule has 3 rings (SSSR count). The Morgan fingerprint density at radius 2 is 1.63 bits per heavy atom. The molecule has 0 aliphatic rings. The van der Waals surface area contributed by atoms with E-state index in [1.54, 1.807) is 24.3 Å². The third kappa shape index (κ3) is 4.50. The number of carbonyl (C=O) groups is 1. The standard InChI is InChI=1S/C23H23ClN2O3S/c1-4-17-7-5-6-16(2)22(17)25-23(27)18-8-12-20(13-9-18)26(3)30(28,29)21-14-10-19(24)11-15-21/h5-15H,4H2,1-3H3,(H,25,27). The quantitative estimate of drug-likeness (QED) is 0.564. The van der Waals surface area contributed by atoms with E-state index in [1.807, 2.05) is 32.0 Å². The summed E-state index contributed by atoms with van der Waals surface area (Å²) in [6.07, 6.45) is 0.809. The van der Waals surface area contributed by atoms with Crippen molar-refractivity contribution in [1.29, 1.82) is 0 Å². The highest BCUT2D eigenvalue weighted by Gasteiger charge is 2.21. The molecule has 156 valence electrons. The molecule has 30 heavy (non-hydrogen) atoms. The molecule has 3 aromatic rings. The molecule has 0 aliphatic carbocycles. The summed E-state index contributed by atoms with van der Waals surface area (Å²) < 4.78 is 26.8. The van der Waals surface area contributed by atoms with Gasteiger partial charge in [-0.25, -0.2) is 8.42 Å². The summed E-state index contributed by atoms with van der Waals surface area (Å²) in [6, 6.07) is 18.4. The number of sulfonamides is 1. The molecule has 0 fully saturated rings. The summed E-state index contributed by atoms with van der Waals surface area (Å²) in [5, 5.41) is 3.44. The molecule has 7 heteroatoms. The van der Waals surface area contributed by atoms with E-state index < -0.39 is 10.0 Å². The number of nitrogens with one attached hydrogen (secondary N) is 1. The van der Waals surface area contributed by atoms with Crippen LogP contribution in [0.15, 0.2) is 71.6 Å². The predicted molar refractivity (Wildman–Crippen MR) is 122 cm³/mol. The summed E-state index contributed by atoms with van der Waals surface area (Å²) in [7, 11) is -2.26. The number of amides is 1. The smallest absolute Gasteiger partial charge is 0.264 e. The number of hydrogen-bond acceptors (Lipinski definition) is 3. The zero-order valence-electron chi connectivity index (χ0n) is 17.0. The molecule has 0 aliphatic heterocycles. The first-order valence-corrected chi connectivity index (χ1v) is 11.3. The molecular weight excluding hydrogens is 420 g/mol. The maximum atomic E-state index is 12.8. The summed E-state index contributed by atoms with van der Waals surface area (Å²) in [5.41, 5.74) is 3.77. The van der Waals surface area contributed by atoms with Gasteiger partial charge >= 0.3 is 0 Å². The van der Waals surface area contributed by atoms with Crippen molar-refractivity contribution < 1.29 is 13.2 Å². The summed E-state index contributed by atoms with van der Waals surface area (Å²) in [5.74, 6) is -0.242. The summed E-state index contributed by atoms with van der Waals surface area (Å²) >= 11 is 5.85. The van der Waals surface area contributed by atoms with Gasteiger partial charge in [-0.3, -0.25) is 9.10 Å². The van der Waals surface area contributed by atoms with Crippen molar-refractivity contribution in [3.8, 4) is 0 Å². The van der Waals surface area contributed by atoms with Crippen LogP contribution in [0.3, 0.4) is 0 Å². The fourth-order valence-electron chi connectivity index (χ4n) is 3.11. The fourth-order valence-corrected chi connectivity index (χ4v) is 4.44. The molecule has 0 unspecified atom stereocenters. The van der Waals surface area contributed by atoms with Crippen molar-refractivity contribution >= 4 is 38.9 Å². The van der Waals surface area contributed by atoms with Crippen LogP contribution >= 0.6 is 11.6 Å². The second kappa shape index (κ2) is 8.90. The van der Waals surface area contributed by atoms with Gasteiger partial charge in [0, 0.05) is 23.3 Å². The van der Waals surface area contributed by atoms with Crippen LogP contribution in [0, 0.1) is 6.92 Å². The summed E-state index contributed by atoms with van der Waals surface area (Å²) in [6.45, 7) is 3.99. The van der Waals surface area contributed by atoms with Crippen molar-refractivity contribution in [2.75, 3.05) is 16.7 Å². The van der Waals surface area contributed by atoms with Gasteiger partial charge in [-0.1, -0.05) is 36.7 Å². The first-order valence-electron chi connectivity index (χ1n) is 9.48. The fraction of sp³-hybridized carbons (Fsp3) is 0.174. The van der Waals surface area contributed by atoms with Crippen molar-refractivity contribution in [2.24, 2.45) is 0 Å². The molecule has 0 bridgehead atoms. The van der Waals surface area contributed by atoms with Crippen LogP contribution in [-0.2, 0) is 16.4 Å². The molecule has 1 amide bonds. The Labute approximate surface area is 182 Å². The molecule has 0 saturated carbocycles. The van der Waals surface area contributed by atoms with E-state index in [9.17, 15) is 13.2 Å². The molecule has 3 aromatic carbocycles. The monoisotopic (exact) mass is 442 g/mol. The molecule has 5 nitrogen and oxygen atoms in total. The van der Waals surface area contributed by atoms with Gasteiger partial charge in [-0.05, 0) is 73.0 Å². The van der Waals surface area contributed by atoms with Crippen molar-refractivity contribution in [2.45, 2.75) is 25.2 Å². The number of hydrogen-bond donors (Lipinski definition) is 1. The van der Waals surface area contributed by atoms with E-state index >= 15 is 0 Å². The van der Waals surface area contributed by atoms with Crippen molar-refractivity contribution in [3.63, 3.8) is 0 Å². The van der Waals surface area contributed by atoms with E-state index in [0.29, 0.717) is 16.3 Å². The van der Waals surface area contributed by atoms with Crippen LogP contribution in [0.2, 0.25) is 5.02 Å². The van der Waals surface area contributed by atoms with Gasteiger partial charge in [0.25, 0.3) is 15.9 Å². The number of halogens is 1. The summed E-state index contributed by atoms with van der Waals surface area (Å²) in [4.78, 5) is 12.9. The number of aryl methyl sites for hydroxylation is 2. The highest BCUT2D eigenvalue weighted by molar-refractivity contribution is 7.92. The SMILES string of the molecule is CCc1cccc(C)c1NC(=O)c1ccc(N(C)S(=O)(=O)c2ccc(Cl)cc2)cc1. The minimum Gasteiger partial charge on any atom is -0.321 e. The Hall–Kier alpha value is -2.83. The maximum Gasteiger partial charge on any atom is 0.264 e. The van der Waals surface area contributed by atoms with Gasteiger partial charge in [0.1, 0.15) is 0 Å². The van der Waals surface area contributed by atoms with Crippen LogP contribution < -0.4 is 9.62 Å². The molecule has 0 spiro atoms. The normalized spacial score (nSPS) is 11.2. The Morgan fingerprint density at radius 1 is 1.00 bits per heavy atom.